The number of nitrogens with zero attached hydrogens (tertiary/aromatic N) is 4. The summed E-state index contributed by atoms with van der Waals surface area (Å²) in [4.78, 5) is 19.4. The summed E-state index contributed by atoms with van der Waals surface area (Å²) in [6, 6.07) is 13.8. The van der Waals surface area contributed by atoms with E-state index < -0.39 is 5.82 Å². The molecule has 1 amide bonds. The van der Waals surface area contributed by atoms with Crippen LogP contribution >= 0.6 is 11.3 Å². The standard InChI is InChI=1S/C24H25FN4O2S/c1-2-3-4-17-31-19-11-9-18(10-12-19)23(30)29(16-15-28-14-6-13-26-28)24-27-22-20(25)7-5-8-21(22)32-24/h5-14H,2-4,15-17H2,1H3. The minimum Gasteiger partial charge on any atom is -0.494 e. The number of fused-ring (bicyclic) bond motifs is 1. The van der Waals surface area contributed by atoms with Gasteiger partial charge in [0.05, 0.1) is 17.9 Å². The minimum absolute atomic E-state index is 0.200. The van der Waals surface area contributed by atoms with Crippen molar-refractivity contribution in [2.45, 2.75) is 32.7 Å². The molecule has 2 heterocycles. The number of carbonyl (C=O) groups is 1. The molecular weight excluding hydrogens is 427 g/mol. The van der Waals surface area contributed by atoms with Gasteiger partial charge in [-0.2, -0.15) is 5.10 Å². The predicted molar refractivity (Wildman–Crippen MR) is 125 cm³/mol. The first-order chi connectivity index (χ1) is 15.7. The number of aromatic nitrogens is 3. The summed E-state index contributed by atoms with van der Waals surface area (Å²) in [6.07, 6.45) is 6.81. The second kappa shape index (κ2) is 10.4. The Kier molecular flexibility index (Phi) is 7.11. The maximum Gasteiger partial charge on any atom is 0.260 e. The smallest absolute Gasteiger partial charge is 0.260 e. The van der Waals surface area contributed by atoms with Gasteiger partial charge in [-0.1, -0.05) is 37.2 Å². The summed E-state index contributed by atoms with van der Waals surface area (Å²) in [6.45, 7) is 3.67. The third-order valence-electron chi connectivity index (χ3n) is 5.06. The first kappa shape index (κ1) is 22.0. The lowest BCUT2D eigenvalue weighted by Crippen LogP contribution is -2.34. The number of para-hydroxylation sites is 1. The Labute approximate surface area is 190 Å². The number of thiazole rings is 1. The van der Waals surface area contributed by atoms with E-state index in [-0.39, 0.29) is 11.4 Å². The highest BCUT2D eigenvalue weighted by Crippen LogP contribution is 2.31. The molecule has 0 saturated carbocycles. The molecule has 0 aliphatic rings. The van der Waals surface area contributed by atoms with Crippen LogP contribution in [0.5, 0.6) is 5.75 Å². The van der Waals surface area contributed by atoms with E-state index in [0.29, 0.717) is 35.1 Å². The molecule has 0 atom stereocenters. The van der Waals surface area contributed by atoms with Gasteiger partial charge in [0.15, 0.2) is 5.13 Å². The Morgan fingerprint density at radius 3 is 2.72 bits per heavy atom. The molecule has 0 spiro atoms. The molecule has 0 unspecified atom stereocenters. The van der Waals surface area contributed by atoms with Gasteiger partial charge < -0.3 is 4.74 Å². The number of hydrogen-bond donors (Lipinski definition) is 0. The van der Waals surface area contributed by atoms with Crippen molar-refractivity contribution < 1.29 is 13.9 Å². The van der Waals surface area contributed by atoms with Crippen molar-refractivity contribution in [2.24, 2.45) is 0 Å². The Balaban J connectivity index is 1.55. The quantitative estimate of drug-likeness (QED) is 0.296. The van der Waals surface area contributed by atoms with Gasteiger partial charge in [-0.3, -0.25) is 14.4 Å². The summed E-state index contributed by atoms with van der Waals surface area (Å²) < 4.78 is 22.4. The normalized spacial score (nSPS) is 11.1. The summed E-state index contributed by atoms with van der Waals surface area (Å²) >= 11 is 1.30. The number of unbranched alkanes of at least 4 members (excludes halogenated alkanes) is 2. The maximum atomic E-state index is 14.2. The van der Waals surface area contributed by atoms with E-state index in [1.165, 1.54) is 17.4 Å². The van der Waals surface area contributed by atoms with Gasteiger partial charge in [-0.25, -0.2) is 9.37 Å². The van der Waals surface area contributed by atoms with Crippen molar-refractivity contribution in [3.05, 3.63) is 72.3 Å². The van der Waals surface area contributed by atoms with Crippen LogP contribution in [0.4, 0.5) is 9.52 Å². The lowest BCUT2D eigenvalue weighted by molar-refractivity contribution is 0.0985. The third kappa shape index (κ3) is 5.13. The Morgan fingerprint density at radius 1 is 1.16 bits per heavy atom. The number of ether oxygens (including phenoxy) is 1. The molecule has 2 aromatic heterocycles. The van der Waals surface area contributed by atoms with Crippen molar-refractivity contribution in [1.29, 1.82) is 0 Å². The van der Waals surface area contributed by atoms with Crippen molar-refractivity contribution in [1.82, 2.24) is 14.8 Å². The van der Waals surface area contributed by atoms with Gasteiger partial charge in [0.2, 0.25) is 0 Å². The molecule has 166 valence electrons. The fourth-order valence-electron chi connectivity index (χ4n) is 3.33. The van der Waals surface area contributed by atoms with Gasteiger partial charge in [0.1, 0.15) is 17.1 Å². The van der Waals surface area contributed by atoms with Crippen LogP contribution in [0.3, 0.4) is 0 Å². The van der Waals surface area contributed by atoms with Crippen LogP contribution in [0.1, 0.15) is 36.5 Å². The van der Waals surface area contributed by atoms with Crippen LogP contribution in [-0.2, 0) is 6.54 Å². The molecule has 8 heteroatoms. The monoisotopic (exact) mass is 452 g/mol. The number of hydrogen-bond acceptors (Lipinski definition) is 5. The van der Waals surface area contributed by atoms with E-state index in [1.807, 2.05) is 24.4 Å². The van der Waals surface area contributed by atoms with E-state index >= 15 is 0 Å². The zero-order valence-electron chi connectivity index (χ0n) is 17.9. The van der Waals surface area contributed by atoms with E-state index in [4.69, 9.17) is 4.74 Å². The fourth-order valence-corrected chi connectivity index (χ4v) is 4.33. The zero-order valence-corrected chi connectivity index (χ0v) is 18.7. The lowest BCUT2D eigenvalue weighted by atomic mass is 10.2. The molecule has 6 nitrogen and oxygen atoms in total. The molecule has 0 saturated heterocycles. The van der Waals surface area contributed by atoms with Crippen LogP contribution in [-0.4, -0.2) is 33.8 Å². The highest BCUT2D eigenvalue weighted by Gasteiger charge is 2.22. The first-order valence-electron chi connectivity index (χ1n) is 10.7. The molecule has 0 aliphatic heterocycles. The molecule has 0 aliphatic carbocycles. The highest BCUT2D eigenvalue weighted by molar-refractivity contribution is 7.22. The number of halogens is 1. The first-order valence-corrected chi connectivity index (χ1v) is 11.5. The van der Waals surface area contributed by atoms with Gasteiger partial charge in [0.25, 0.3) is 5.91 Å². The average Bonchev–Trinajstić information content (AvgIpc) is 3.48. The summed E-state index contributed by atoms with van der Waals surface area (Å²) in [5.74, 6) is 0.144. The number of benzene rings is 2. The van der Waals surface area contributed by atoms with Crippen molar-refractivity contribution >= 4 is 32.6 Å². The molecule has 0 bridgehead atoms. The topological polar surface area (TPSA) is 60.2 Å². The number of carbonyl (C=O) groups excluding carboxylic acids is 1. The third-order valence-corrected chi connectivity index (χ3v) is 6.11. The maximum absolute atomic E-state index is 14.2. The van der Waals surface area contributed by atoms with Crippen LogP contribution < -0.4 is 9.64 Å². The van der Waals surface area contributed by atoms with Gasteiger partial charge in [0, 0.05) is 24.5 Å². The second-order valence-corrected chi connectivity index (χ2v) is 8.40. The van der Waals surface area contributed by atoms with Crippen LogP contribution in [0.25, 0.3) is 10.2 Å². The lowest BCUT2D eigenvalue weighted by Gasteiger charge is -2.20. The van der Waals surface area contributed by atoms with Gasteiger partial charge in [-0.15, -0.1) is 0 Å². The highest BCUT2D eigenvalue weighted by atomic mass is 32.1. The molecule has 2 aromatic carbocycles. The van der Waals surface area contributed by atoms with E-state index in [1.54, 1.807) is 40.0 Å². The van der Waals surface area contributed by atoms with Crippen molar-refractivity contribution in [2.75, 3.05) is 18.1 Å². The predicted octanol–water partition coefficient (Wildman–Crippen LogP) is 5.55. The molecule has 4 rings (SSSR count). The molecule has 0 radical (unpaired) electrons. The second-order valence-electron chi connectivity index (χ2n) is 7.39. The minimum atomic E-state index is -0.394. The Bertz CT molecular complexity index is 1160. The van der Waals surface area contributed by atoms with Crippen LogP contribution in [0.15, 0.2) is 60.9 Å². The number of amides is 1. The molecule has 4 aromatic rings. The van der Waals surface area contributed by atoms with Crippen molar-refractivity contribution in [3.63, 3.8) is 0 Å². The SMILES string of the molecule is CCCCCOc1ccc(C(=O)N(CCn2cccn2)c2nc3c(F)cccc3s2)cc1. The zero-order chi connectivity index (χ0) is 22.3. The largest absolute Gasteiger partial charge is 0.494 e. The Hall–Kier alpha value is -3.26. The Morgan fingerprint density at radius 2 is 2.00 bits per heavy atom. The summed E-state index contributed by atoms with van der Waals surface area (Å²) in [7, 11) is 0. The van der Waals surface area contributed by atoms with E-state index in [0.717, 1.165) is 25.0 Å². The summed E-state index contributed by atoms with van der Waals surface area (Å²) in [5.41, 5.74) is 0.798. The van der Waals surface area contributed by atoms with E-state index in [9.17, 15) is 9.18 Å². The number of rotatable bonds is 10. The molecule has 0 fully saturated rings. The number of anilines is 1. The van der Waals surface area contributed by atoms with E-state index in [2.05, 4.69) is 17.0 Å². The van der Waals surface area contributed by atoms with Crippen LogP contribution in [0, 0.1) is 5.82 Å². The van der Waals surface area contributed by atoms with Gasteiger partial charge >= 0.3 is 0 Å². The fraction of sp³-hybridized carbons (Fsp3) is 0.292. The average molecular weight is 453 g/mol. The van der Waals surface area contributed by atoms with Gasteiger partial charge in [-0.05, 0) is 48.9 Å². The molecule has 32 heavy (non-hydrogen) atoms. The van der Waals surface area contributed by atoms with Crippen molar-refractivity contribution in [3.8, 4) is 5.75 Å². The summed E-state index contributed by atoms with van der Waals surface area (Å²) in [5, 5.41) is 4.67. The van der Waals surface area contributed by atoms with Crippen LogP contribution in [0.2, 0.25) is 0 Å². The molecule has 0 N–H and O–H groups in total. The molecular formula is C24H25FN4O2S.